The average Bonchev–Trinajstić information content (AvgIpc) is 3.15. The highest BCUT2D eigenvalue weighted by Gasteiger charge is 2.43. The number of furan rings is 1. The summed E-state index contributed by atoms with van der Waals surface area (Å²) in [6.07, 6.45) is 3.60. The summed E-state index contributed by atoms with van der Waals surface area (Å²) < 4.78 is 5.94. The smallest absolute Gasteiger partial charge is 0.226 e. The highest BCUT2D eigenvalue weighted by Crippen LogP contribution is 2.44. The van der Waals surface area contributed by atoms with Crippen molar-refractivity contribution >= 4 is 34.5 Å². The Morgan fingerprint density at radius 2 is 2.18 bits per heavy atom. The van der Waals surface area contributed by atoms with Gasteiger partial charge in [-0.15, -0.1) is 0 Å². The Labute approximate surface area is 168 Å². The fraction of sp³-hybridized carbons (Fsp3) is 0.450. The first kappa shape index (κ1) is 19.0. The van der Waals surface area contributed by atoms with Crippen LogP contribution in [0.15, 0.2) is 22.7 Å². The van der Waals surface area contributed by atoms with Gasteiger partial charge in [0.1, 0.15) is 16.7 Å². The highest BCUT2D eigenvalue weighted by molar-refractivity contribution is 6.32. The number of aliphatic hydroxyl groups is 1. The first-order valence-corrected chi connectivity index (χ1v) is 9.77. The number of nitrogens with two attached hydrogens (primary N) is 1. The lowest BCUT2D eigenvalue weighted by atomic mass is 9.86. The fourth-order valence-corrected chi connectivity index (χ4v) is 4.37. The lowest BCUT2D eigenvalue weighted by molar-refractivity contribution is 0.187. The Bertz CT molecular complexity index is 1040. The Kier molecular flexibility index (Phi) is 4.67. The molecule has 0 aromatic carbocycles. The van der Waals surface area contributed by atoms with Gasteiger partial charge >= 0.3 is 0 Å². The second kappa shape index (κ2) is 6.90. The molecule has 4 rings (SSSR count). The predicted octanol–water partition coefficient (Wildman–Crippen LogP) is 4.04. The summed E-state index contributed by atoms with van der Waals surface area (Å²) in [5.41, 5.74) is 7.75. The SMILES string of the molecule is Cc1cnc2oc(-c3c(Cl)nc(N)nc3NC3(C)CCC(CO)C3C)cc2c1. The molecule has 0 bridgehead atoms. The van der Waals surface area contributed by atoms with Crippen molar-refractivity contribution in [1.82, 2.24) is 15.0 Å². The van der Waals surface area contributed by atoms with Gasteiger partial charge in [0.25, 0.3) is 0 Å². The topological polar surface area (TPSA) is 110 Å². The maximum absolute atomic E-state index is 9.64. The molecule has 4 N–H and O–H groups in total. The molecule has 3 aromatic heterocycles. The van der Waals surface area contributed by atoms with E-state index in [1.807, 2.05) is 19.1 Å². The quantitative estimate of drug-likeness (QED) is 0.566. The molecule has 1 fully saturated rings. The third kappa shape index (κ3) is 3.18. The molecular weight excluding hydrogens is 378 g/mol. The summed E-state index contributed by atoms with van der Waals surface area (Å²) in [6, 6.07) is 3.89. The summed E-state index contributed by atoms with van der Waals surface area (Å²) in [4.78, 5) is 12.9. The van der Waals surface area contributed by atoms with Crippen molar-refractivity contribution in [3.05, 3.63) is 29.0 Å². The summed E-state index contributed by atoms with van der Waals surface area (Å²) in [6.45, 7) is 6.42. The number of aromatic nitrogens is 3. The molecule has 3 aromatic rings. The number of nitrogens with zero attached hydrogens (tertiary/aromatic N) is 3. The molecule has 3 atom stereocenters. The Hall–Kier alpha value is -2.38. The maximum atomic E-state index is 9.64. The Morgan fingerprint density at radius 1 is 1.39 bits per heavy atom. The van der Waals surface area contributed by atoms with E-state index in [9.17, 15) is 5.11 Å². The van der Waals surface area contributed by atoms with Gasteiger partial charge in [-0.2, -0.15) is 4.98 Å². The fourth-order valence-electron chi connectivity index (χ4n) is 4.10. The van der Waals surface area contributed by atoms with Crippen LogP contribution in [0.2, 0.25) is 5.15 Å². The lowest BCUT2D eigenvalue weighted by Crippen LogP contribution is -2.40. The molecular formula is C20H24ClN5O2. The first-order chi connectivity index (χ1) is 13.3. The molecule has 3 unspecified atom stereocenters. The maximum Gasteiger partial charge on any atom is 0.226 e. The first-order valence-electron chi connectivity index (χ1n) is 9.39. The van der Waals surface area contributed by atoms with E-state index >= 15 is 0 Å². The van der Waals surface area contributed by atoms with E-state index in [1.54, 1.807) is 6.20 Å². The van der Waals surface area contributed by atoms with Crippen molar-refractivity contribution in [2.24, 2.45) is 11.8 Å². The molecule has 3 heterocycles. The number of fused-ring (bicyclic) bond motifs is 1. The molecule has 0 spiro atoms. The van der Waals surface area contributed by atoms with E-state index in [0.29, 0.717) is 22.9 Å². The number of anilines is 2. The van der Waals surface area contributed by atoms with Crippen LogP contribution in [0.3, 0.4) is 0 Å². The minimum absolute atomic E-state index is 0.0919. The molecule has 7 nitrogen and oxygen atoms in total. The van der Waals surface area contributed by atoms with E-state index < -0.39 is 0 Å². The van der Waals surface area contributed by atoms with Gasteiger partial charge in [0, 0.05) is 23.7 Å². The van der Waals surface area contributed by atoms with Crippen LogP contribution in [-0.2, 0) is 0 Å². The number of nitrogen functional groups attached to an aromatic ring is 1. The van der Waals surface area contributed by atoms with Crippen LogP contribution in [0.5, 0.6) is 0 Å². The monoisotopic (exact) mass is 401 g/mol. The lowest BCUT2D eigenvalue weighted by Gasteiger charge is -2.33. The normalized spacial score (nSPS) is 24.8. The summed E-state index contributed by atoms with van der Waals surface area (Å²) >= 11 is 6.46. The predicted molar refractivity (Wildman–Crippen MR) is 110 cm³/mol. The van der Waals surface area contributed by atoms with Gasteiger partial charge in [0.2, 0.25) is 11.7 Å². The number of aryl methyl sites for hydroxylation is 1. The van der Waals surface area contributed by atoms with E-state index in [0.717, 1.165) is 23.8 Å². The van der Waals surface area contributed by atoms with Crippen molar-refractivity contribution in [1.29, 1.82) is 0 Å². The van der Waals surface area contributed by atoms with Crippen LogP contribution in [0.1, 0.15) is 32.3 Å². The molecule has 0 radical (unpaired) electrons. The van der Waals surface area contributed by atoms with Crippen molar-refractivity contribution in [2.45, 2.75) is 39.2 Å². The standard InChI is InChI=1S/C20H24ClN5O2/c1-10-6-13-7-14(28-18(13)23-8-10)15-16(21)24-19(22)25-17(15)26-20(3)5-4-12(9-27)11(20)2/h6-8,11-12,27H,4-5,9H2,1-3H3,(H3,22,24,25,26). The molecule has 0 aliphatic heterocycles. The van der Waals surface area contributed by atoms with Gasteiger partial charge in [-0.1, -0.05) is 18.5 Å². The molecule has 8 heteroatoms. The third-order valence-electron chi connectivity index (χ3n) is 6.02. The van der Waals surface area contributed by atoms with E-state index in [1.165, 1.54) is 0 Å². The molecule has 28 heavy (non-hydrogen) atoms. The zero-order chi connectivity index (χ0) is 20.1. The molecule has 0 saturated heterocycles. The number of rotatable bonds is 4. The molecule has 1 aliphatic rings. The zero-order valence-corrected chi connectivity index (χ0v) is 16.9. The Morgan fingerprint density at radius 3 is 2.89 bits per heavy atom. The number of aliphatic hydroxyl groups excluding tert-OH is 1. The van der Waals surface area contributed by atoms with Gasteiger partial charge in [-0.3, -0.25) is 0 Å². The van der Waals surface area contributed by atoms with Crippen LogP contribution in [0.25, 0.3) is 22.4 Å². The molecule has 1 aliphatic carbocycles. The van der Waals surface area contributed by atoms with Crippen molar-refractivity contribution < 1.29 is 9.52 Å². The van der Waals surface area contributed by atoms with Gasteiger partial charge < -0.3 is 20.6 Å². The largest absolute Gasteiger partial charge is 0.437 e. The molecule has 0 amide bonds. The molecule has 1 saturated carbocycles. The minimum Gasteiger partial charge on any atom is -0.437 e. The number of halogens is 1. The summed E-state index contributed by atoms with van der Waals surface area (Å²) in [5, 5.41) is 14.3. The second-order valence-corrected chi connectivity index (χ2v) is 8.28. The Balaban J connectivity index is 1.80. The van der Waals surface area contributed by atoms with Crippen LogP contribution in [-0.4, -0.2) is 32.2 Å². The van der Waals surface area contributed by atoms with Crippen LogP contribution in [0.4, 0.5) is 11.8 Å². The average molecular weight is 402 g/mol. The van der Waals surface area contributed by atoms with Gasteiger partial charge in [0.05, 0.1) is 5.56 Å². The van der Waals surface area contributed by atoms with Crippen molar-refractivity contribution in [3.8, 4) is 11.3 Å². The van der Waals surface area contributed by atoms with Crippen LogP contribution >= 0.6 is 11.6 Å². The number of nitrogens with one attached hydrogen (secondary N) is 1. The van der Waals surface area contributed by atoms with Crippen LogP contribution < -0.4 is 11.1 Å². The number of pyridine rings is 1. The second-order valence-electron chi connectivity index (χ2n) is 7.93. The highest BCUT2D eigenvalue weighted by atomic mass is 35.5. The van der Waals surface area contributed by atoms with Crippen molar-refractivity contribution in [3.63, 3.8) is 0 Å². The van der Waals surface area contributed by atoms with E-state index in [-0.39, 0.29) is 35.1 Å². The minimum atomic E-state index is -0.257. The number of hydrogen-bond acceptors (Lipinski definition) is 7. The zero-order valence-electron chi connectivity index (χ0n) is 16.2. The van der Waals surface area contributed by atoms with Gasteiger partial charge in [0.15, 0.2) is 0 Å². The summed E-state index contributed by atoms with van der Waals surface area (Å²) in [7, 11) is 0. The number of hydrogen-bond donors (Lipinski definition) is 3. The molecule has 148 valence electrons. The van der Waals surface area contributed by atoms with Gasteiger partial charge in [-0.25, -0.2) is 9.97 Å². The van der Waals surface area contributed by atoms with Crippen LogP contribution in [0, 0.1) is 18.8 Å². The summed E-state index contributed by atoms with van der Waals surface area (Å²) in [5.74, 6) is 1.65. The third-order valence-corrected chi connectivity index (χ3v) is 6.30. The van der Waals surface area contributed by atoms with E-state index in [2.05, 4.69) is 34.1 Å². The van der Waals surface area contributed by atoms with Gasteiger partial charge in [-0.05, 0) is 56.2 Å². The van der Waals surface area contributed by atoms with E-state index in [4.69, 9.17) is 21.8 Å². The van der Waals surface area contributed by atoms with Crippen molar-refractivity contribution in [2.75, 3.05) is 17.7 Å².